The highest BCUT2D eigenvalue weighted by Crippen LogP contribution is 2.44. The largest absolute Gasteiger partial charge is 0.454 e. The summed E-state index contributed by atoms with van der Waals surface area (Å²) >= 11 is 1.79. The summed E-state index contributed by atoms with van der Waals surface area (Å²) in [5.74, 6) is 0.927. The molecule has 0 bridgehead atoms. The van der Waals surface area contributed by atoms with Crippen LogP contribution in [0.2, 0.25) is 0 Å². The molecule has 10 aromatic rings. The lowest BCUT2D eigenvalue weighted by molar-refractivity contribution is 0.669. The van der Waals surface area contributed by atoms with Crippen LogP contribution in [0, 0.1) is 0 Å². The Morgan fingerprint density at radius 1 is 0.532 bits per heavy atom. The topological polar surface area (TPSA) is 43.9 Å². The second kappa shape index (κ2) is 10.2. The van der Waals surface area contributed by atoms with Gasteiger partial charge in [-0.3, -0.25) is 4.57 Å². The minimum absolute atomic E-state index is 0.837. The summed E-state index contributed by atoms with van der Waals surface area (Å²) in [5.41, 5.74) is 11.2. The van der Waals surface area contributed by atoms with Gasteiger partial charge in [-0.15, -0.1) is 11.3 Å². The van der Waals surface area contributed by atoms with Gasteiger partial charge < -0.3 is 4.42 Å². The molecule has 5 heteroatoms. The number of imidazole rings is 1. The summed E-state index contributed by atoms with van der Waals surface area (Å²) in [6.07, 6.45) is 0. The minimum Gasteiger partial charge on any atom is -0.454 e. The van der Waals surface area contributed by atoms with Crippen molar-refractivity contribution in [1.82, 2.24) is 14.5 Å². The number of pyridine rings is 1. The van der Waals surface area contributed by atoms with Crippen LogP contribution in [0.5, 0.6) is 0 Å². The number of para-hydroxylation sites is 4. The molecule has 0 aliphatic heterocycles. The average molecular weight is 620 g/mol. The van der Waals surface area contributed by atoms with Crippen molar-refractivity contribution in [3.05, 3.63) is 152 Å². The molecule has 0 saturated heterocycles. The van der Waals surface area contributed by atoms with Gasteiger partial charge in [0.2, 0.25) is 0 Å². The van der Waals surface area contributed by atoms with Gasteiger partial charge in [0.1, 0.15) is 17.1 Å². The summed E-state index contributed by atoms with van der Waals surface area (Å²) < 4.78 is 11.2. The smallest absolute Gasteiger partial charge is 0.163 e. The summed E-state index contributed by atoms with van der Waals surface area (Å²) in [4.78, 5) is 10.3. The highest BCUT2D eigenvalue weighted by Gasteiger charge is 2.21. The van der Waals surface area contributed by atoms with Gasteiger partial charge in [0, 0.05) is 37.7 Å². The molecule has 0 unspecified atom stereocenters. The fourth-order valence-corrected chi connectivity index (χ4v) is 8.00. The molecule has 4 aromatic heterocycles. The van der Waals surface area contributed by atoms with E-state index in [9.17, 15) is 0 Å². The van der Waals surface area contributed by atoms with E-state index in [4.69, 9.17) is 14.4 Å². The molecule has 0 aliphatic rings. The summed E-state index contributed by atoms with van der Waals surface area (Å²) in [6.45, 7) is 0. The number of rotatable bonds is 4. The van der Waals surface area contributed by atoms with Gasteiger partial charge >= 0.3 is 0 Å². The van der Waals surface area contributed by atoms with Crippen LogP contribution in [0.3, 0.4) is 0 Å². The zero-order valence-corrected chi connectivity index (χ0v) is 25.9. The Kier molecular flexibility index (Phi) is 5.71. The maximum Gasteiger partial charge on any atom is 0.163 e. The third-order valence-corrected chi connectivity index (χ3v) is 10.2. The highest BCUT2D eigenvalue weighted by molar-refractivity contribution is 7.26. The van der Waals surface area contributed by atoms with E-state index >= 15 is 0 Å². The predicted octanol–water partition coefficient (Wildman–Crippen LogP) is 11.7. The van der Waals surface area contributed by atoms with Gasteiger partial charge in [0.15, 0.2) is 5.58 Å². The van der Waals surface area contributed by atoms with Crippen LogP contribution >= 0.6 is 11.3 Å². The Hall–Kier alpha value is -6.04. The van der Waals surface area contributed by atoms with Gasteiger partial charge in [-0.2, -0.15) is 0 Å². The van der Waals surface area contributed by atoms with E-state index < -0.39 is 0 Å². The molecule has 10 rings (SSSR count). The summed E-state index contributed by atoms with van der Waals surface area (Å²) in [6, 6.07) is 52.9. The van der Waals surface area contributed by atoms with Crippen molar-refractivity contribution in [2.45, 2.75) is 0 Å². The first-order valence-electron chi connectivity index (χ1n) is 15.7. The number of fused-ring (bicyclic) bond motifs is 8. The number of hydrogen-bond acceptors (Lipinski definition) is 4. The van der Waals surface area contributed by atoms with Crippen molar-refractivity contribution in [2.24, 2.45) is 0 Å². The Morgan fingerprint density at radius 3 is 1.98 bits per heavy atom. The summed E-state index contributed by atoms with van der Waals surface area (Å²) in [7, 11) is 0. The van der Waals surface area contributed by atoms with Crippen molar-refractivity contribution < 1.29 is 4.42 Å². The lowest BCUT2D eigenvalue weighted by Gasteiger charge is -2.10. The normalized spacial score (nSPS) is 11.8. The number of thiophene rings is 1. The zero-order chi connectivity index (χ0) is 30.9. The quantitative estimate of drug-likeness (QED) is 0.197. The minimum atomic E-state index is 0.837. The molecule has 47 heavy (non-hydrogen) atoms. The third kappa shape index (κ3) is 4.07. The van der Waals surface area contributed by atoms with E-state index in [-0.39, 0.29) is 0 Å². The predicted molar refractivity (Wildman–Crippen MR) is 195 cm³/mol. The lowest BCUT2D eigenvalue weighted by Crippen LogP contribution is -1.97. The zero-order valence-electron chi connectivity index (χ0n) is 25.1. The van der Waals surface area contributed by atoms with Crippen LogP contribution < -0.4 is 0 Å². The van der Waals surface area contributed by atoms with Gasteiger partial charge in [-0.25, -0.2) is 9.97 Å². The van der Waals surface area contributed by atoms with Gasteiger partial charge in [0.05, 0.1) is 21.3 Å². The van der Waals surface area contributed by atoms with Crippen LogP contribution in [0.15, 0.2) is 156 Å². The lowest BCUT2D eigenvalue weighted by atomic mass is 10.0. The van der Waals surface area contributed by atoms with Crippen molar-refractivity contribution >= 4 is 64.6 Å². The van der Waals surface area contributed by atoms with Crippen molar-refractivity contribution in [1.29, 1.82) is 0 Å². The van der Waals surface area contributed by atoms with Crippen LogP contribution in [-0.2, 0) is 0 Å². The molecular weight excluding hydrogens is 595 g/mol. The Morgan fingerprint density at radius 2 is 1.17 bits per heavy atom. The second-order valence-electron chi connectivity index (χ2n) is 11.8. The van der Waals surface area contributed by atoms with E-state index in [0.717, 1.165) is 77.9 Å². The Balaban J connectivity index is 1.06. The molecule has 6 aromatic carbocycles. The fraction of sp³-hybridized carbons (Fsp3) is 0. The molecule has 0 N–H and O–H groups in total. The second-order valence-corrected chi connectivity index (χ2v) is 12.8. The number of nitrogens with zero attached hydrogens (tertiary/aromatic N) is 3. The first kappa shape index (κ1) is 26.2. The standard InChI is InChI=1S/C42H25N3OS/c1-2-10-30(11-3-1)45-34-15-7-6-14-33(34)43-42(45)29-24-20-27(21-25-29)26-18-22-28(23-19-26)38-40-37(31-12-4-8-16-35(31)46-40)41-39(44-38)32-13-5-9-17-36(32)47-41/h1-25H. The molecule has 0 saturated carbocycles. The van der Waals surface area contributed by atoms with E-state index in [0.29, 0.717) is 0 Å². The van der Waals surface area contributed by atoms with Crippen molar-refractivity contribution in [2.75, 3.05) is 0 Å². The number of furan rings is 1. The van der Waals surface area contributed by atoms with E-state index in [1.54, 1.807) is 11.3 Å². The van der Waals surface area contributed by atoms with Crippen molar-refractivity contribution in [3.63, 3.8) is 0 Å². The summed E-state index contributed by atoms with van der Waals surface area (Å²) in [5, 5.41) is 3.45. The Labute approximate surface area is 273 Å². The fourth-order valence-electron chi connectivity index (χ4n) is 6.80. The highest BCUT2D eigenvalue weighted by atomic mass is 32.1. The van der Waals surface area contributed by atoms with Crippen LogP contribution in [0.4, 0.5) is 0 Å². The third-order valence-electron chi connectivity index (χ3n) is 9.04. The Bertz CT molecular complexity index is 2770. The van der Waals surface area contributed by atoms with E-state index in [1.807, 2.05) is 24.3 Å². The molecule has 0 amide bonds. The van der Waals surface area contributed by atoms with E-state index in [1.165, 1.54) is 14.8 Å². The van der Waals surface area contributed by atoms with Crippen LogP contribution in [0.1, 0.15) is 0 Å². The van der Waals surface area contributed by atoms with Crippen LogP contribution in [-0.4, -0.2) is 14.5 Å². The molecule has 0 radical (unpaired) electrons. The molecule has 0 spiro atoms. The number of aromatic nitrogens is 3. The van der Waals surface area contributed by atoms with Crippen molar-refractivity contribution in [3.8, 4) is 39.5 Å². The number of hydrogen-bond donors (Lipinski definition) is 0. The molecular formula is C42H25N3OS. The molecule has 0 fully saturated rings. The molecule has 0 atom stereocenters. The average Bonchev–Trinajstić information content (AvgIpc) is 3.83. The maximum atomic E-state index is 6.51. The molecule has 0 aliphatic carbocycles. The molecule has 4 heterocycles. The van der Waals surface area contributed by atoms with Gasteiger partial charge in [0.25, 0.3) is 0 Å². The molecule has 220 valence electrons. The van der Waals surface area contributed by atoms with E-state index in [2.05, 4.69) is 132 Å². The van der Waals surface area contributed by atoms with Gasteiger partial charge in [-0.1, -0.05) is 115 Å². The number of benzene rings is 6. The SMILES string of the molecule is c1ccc(-n2c(-c3ccc(-c4ccc(-c5nc6c7ccccc7sc6c6c5oc5ccccc56)cc4)cc3)nc3ccccc32)cc1. The monoisotopic (exact) mass is 619 g/mol. The van der Waals surface area contributed by atoms with Gasteiger partial charge in [-0.05, 0) is 47.5 Å². The maximum absolute atomic E-state index is 6.51. The molecule has 4 nitrogen and oxygen atoms in total. The first-order chi connectivity index (χ1) is 23.3. The van der Waals surface area contributed by atoms with Crippen LogP contribution in [0.25, 0.3) is 92.7 Å². The first-order valence-corrected chi connectivity index (χ1v) is 16.5.